The maximum atomic E-state index is 12.3. The van der Waals surface area contributed by atoms with E-state index in [-0.39, 0.29) is 5.91 Å². The molecule has 0 saturated carbocycles. The van der Waals surface area contributed by atoms with Gasteiger partial charge >= 0.3 is 0 Å². The Labute approximate surface area is 107 Å². The molecule has 1 N–H and O–H groups in total. The molecule has 0 spiro atoms. The van der Waals surface area contributed by atoms with Gasteiger partial charge in [-0.3, -0.25) is 4.79 Å². The van der Waals surface area contributed by atoms with Crippen molar-refractivity contribution < 1.29 is 9.53 Å². The van der Waals surface area contributed by atoms with Crippen molar-refractivity contribution in [3.63, 3.8) is 0 Å². The van der Waals surface area contributed by atoms with Crippen LogP contribution in [0.1, 0.15) is 23.8 Å². The van der Waals surface area contributed by atoms with Gasteiger partial charge in [-0.1, -0.05) is 6.07 Å². The summed E-state index contributed by atoms with van der Waals surface area (Å²) in [7, 11) is 0. The molecular weight excluding hydrogens is 230 g/mol. The van der Waals surface area contributed by atoms with Crippen LogP contribution in [-0.2, 0) is 4.74 Å². The molecule has 1 fully saturated rings. The van der Waals surface area contributed by atoms with E-state index in [9.17, 15) is 4.79 Å². The second-order valence-electron chi connectivity index (χ2n) is 4.20. The van der Waals surface area contributed by atoms with Crippen LogP contribution in [0.5, 0.6) is 0 Å². The second kappa shape index (κ2) is 6.35. The first kappa shape index (κ1) is 12.8. The monoisotopic (exact) mass is 249 g/mol. The fourth-order valence-electron chi connectivity index (χ4n) is 1.94. The van der Waals surface area contributed by atoms with Gasteiger partial charge in [0.05, 0.1) is 6.61 Å². The van der Waals surface area contributed by atoms with Crippen molar-refractivity contribution in [2.24, 2.45) is 0 Å². The third kappa shape index (κ3) is 3.20. The molecule has 0 bridgehead atoms. The molecule has 0 aromatic carbocycles. The molecule has 1 saturated heterocycles. The molecule has 98 valence electrons. The average Bonchev–Trinajstić information content (AvgIpc) is 2.67. The zero-order valence-corrected chi connectivity index (χ0v) is 10.7. The van der Waals surface area contributed by atoms with Crippen LogP contribution in [0.25, 0.3) is 0 Å². The van der Waals surface area contributed by atoms with Crippen LogP contribution in [-0.4, -0.2) is 48.6 Å². The molecule has 0 atom stereocenters. The van der Waals surface area contributed by atoms with E-state index in [1.807, 2.05) is 24.0 Å². The highest BCUT2D eigenvalue weighted by Gasteiger charge is 2.18. The van der Waals surface area contributed by atoms with Gasteiger partial charge in [0, 0.05) is 26.2 Å². The SMILES string of the molecule is CCNc1cccc(C(=O)N2CCCOCC2)n1. The van der Waals surface area contributed by atoms with Gasteiger partial charge in [0.1, 0.15) is 11.5 Å². The van der Waals surface area contributed by atoms with E-state index in [4.69, 9.17) is 4.74 Å². The Balaban J connectivity index is 2.09. The molecule has 2 heterocycles. The number of carbonyl (C=O) groups is 1. The Morgan fingerprint density at radius 2 is 2.33 bits per heavy atom. The van der Waals surface area contributed by atoms with Gasteiger partial charge in [-0.05, 0) is 25.5 Å². The fourth-order valence-corrected chi connectivity index (χ4v) is 1.94. The van der Waals surface area contributed by atoms with Crippen LogP contribution >= 0.6 is 0 Å². The lowest BCUT2D eigenvalue weighted by molar-refractivity contribution is 0.0735. The first-order valence-corrected chi connectivity index (χ1v) is 6.39. The normalized spacial score (nSPS) is 16.2. The van der Waals surface area contributed by atoms with Crippen LogP contribution in [0.4, 0.5) is 5.82 Å². The predicted molar refractivity (Wildman–Crippen MR) is 69.7 cm³/mol. The zero-order valence-electron chi connectivity index (χ0n) is 10.7. The van der Waals surface area contributed by atoms with E-state index < -0.39 is 0 Å². The topological polar surface area (TPSA) is 54.5 Å². The number of nitrogens with zero attached hydrogens (tertiary/aromatic N) is 2. The number of pyridine rings is 1. The van der Waals surface area contributed by atoms with Crippen molar-refractivity contribution in [1.29, 1.82) is 0 Å². The van der Waals surface area contributed by atoms with E-state index in [2.05, 4.69) is 10.3 Å². The highest BCUT2D eigenvalue weighted by atomic mass is 16.5. The van der Waals surface area contributed by atoms with Crippen molar-refractivity contribution >= 4 is 11.7 Å². The lowest BCUT2D eigenvalue weighted by Crippen LogP contribution is -2.33. The summed E-state index contributed by atoms with van der Waals surface area (Å²) in [5.41, 5.74) is 0.496. The van der Waals surface area contributed by atoms with Crippen LogP contribution in [0, 0.1) is 0 Å². The van der Waals surface area contributed by atoms with Crippen LogP contribution < -0.4 is 5.32 Å². The van der Waals surface area contributed by atoms with Crippen molar-refractivity contribution in [2.45, 2.75) is 13.3 Å². The first-order chi connectivity index (χ1) is 8.81. The van der Waals surface area contributed by atoms with Crippen molar-refractivity contribution in [3.8, 4) is 0 Å². The summed E-state index contributed by atoms with van der Waals surface area (Å²) >= 11 is 0. The van der Waals surface area contributed by atoms with E-state index in [1.54, 1.807) is 6.07 Å². The molecule has 1 amide bonds. The van der Waals surface area contributed by atoms with Crippen LogP contribution in [0.3, 0.4) is 0 Å². The summed E-state index contributed by atoms with van der Waals surface area (Å²) in [5, 5.41) is 3.11. The lowest BCUT2D eigenvalue weighted by Gasteiger charge is -2.19. The molecule has 0 aliphatic carbocycles. The summed E-state index contributed by atoms with van der Waals surface area (Å²) in [6.07, 6.45) is 0.888. The highest BCUT2D eigenvalue weighted by Crippen LogP contribution is 2.09. The molecule has 1 aliphatic rings. The van der Waals surface area contributed by atoms with E-state index >= 15 is 0 Å². The number of hydrogen-bond donors (Lipinski definition) is 1. The molecule has 18 heavy (non-hydrogen) atoms. The minimum absolute atomic E-state index is 0.0137. The zero-order chi connectivity index (χ0) is 12.8. The number of ether oxygens (including phenoxy) is 1. The first-order valence-electron chi connectivity index (χ1n) is 6.39. The molecular formula is C13H19N3O2. The summed E-state index contributed by atoms with van der Waals surface area (Å²) in [4.78, 5) is 18.4. The number of amides is 1. The van der Waals surface area contributed by atoms with Crippen LogP contribution in [0.15, 0.2) is 18.2 Å². The lowest BCUT2D eigenvalue weighted by atomic mass is 10.3. The molecule has 5 heteroatoms. The van der Waals surface area contributed by atoms with E-state index in [0.717, 1.165) is 31.9 Å². The van der Waals surface area contributed by atoms with Gasteiger partial charge in [-0.2, -0.15) is 0 Å². The molecule has 0 unspecified atom stereocenters. The largest absolute Gasteiger partial charge is 0.380 e. The van der Waals surface area contributed by atoms with E-state index in [0.29, 0.717) is 18.8 Å². The Kier molecular flexibility index (Phi) is 4.52. The minimum atomic E-state index is -0.0137. The minimum Gasteiger partial charge on any atom is -0.380 e. The maximum Gasteiger partial charge on any atom is 0.272 e. The molecule has 1 aromatic heterocycles. The number of carbonyl (C=O) groups excluding carboxylic acids is 1. The number of rotatable bonds is 3. The fraction of sp³-hybridized carbons (Fsp3) is 0.538. The number of aromatic nitrogens is 1. The van der Waals surface area contributed by atoms with Crippen LogP contribution in [0.2, 0.25) is 0 Å². The summed E-state index contributed by atoms with van der Waals surface area (Å²) in [6, 6.07) is 5.48. The molecule has 2 rings (SSSR count). The van der Waals surface area contributed by atoms with Crippen molar-refractivity contribution in [1.82, 2.24) is 9.88 Å². The standard InChI is InChI=1S/C13H19N3O2/c1-2-14-12-6-3-5-11(15-12)13(17)16-7-4-9-18-10-8-16/h3,5-6H,2,4,7-10H2,1H3,(H,14,15). The smallest absolute Gasteiger partial charge is 0.272 e. The number of nitrogens with one attached hydrogen (secondary N) is 1. The highest BCUT2D eigenvalue weighted by molar-refractivity contribution is 5.92. The third-order valence-electron chi connectivity index (χ3n) is 2.84. The van der Waals surface area contributed by atoms with E-state index in [1.165, 1.54) is 0 Å². The number of hydrogen-bond acceptors (Lipinski definition) is 4. The Bertz CT molecular complexity index is 401. The summed E-state index contributed by atoms with van der Waals surface area (Å²) in [6.45, 7) is 5.52. The molecule has 1 aliphatic heterocycles. The Hall–Kier alpha value is -1.62. The third-order valence-corrected chi connectivity index (χ3v) is 2.84. The Morgan fingerprint density at radius 3 is 3.17 bits per heavy atom. The summed E-state index contributed by atoms with van der Waals surface area (Å²) < 4.78 is 5.35. The number of anilines is 1. The van der Waals surface area contributed by atoms with Gasteiger partial charge < -0.3 is 15.0 Å². The molecule has 5 nitrogen and oxygen atoms in total. The maximum absolute atomic E-state index is 12.3. The van der Waals surface area contributed by atoms with Gasteiger partial charge in [-0.15, -0.1) is 0 Å². The van der Waals surface area contributed by atoms with Crippen molar-refractivity contribution in [2.75, 3.05) is 38.2 Å². The predicted octanol–water partition coefficient (Wildman–Crippen LogP) is 1.38. The van der Waals surface area contributed by atoms with Gasteiger partial charge in [0.2, 0.25) is 0 Å². The average molecular weight is 249 g/mol. The van der Waals surface area contributed by atoms with Crippen molar-refractivity contribution in [3.05, 3.63) is 23.9 Å². The molecule has 1 aromatic rings. The molecule has 0 radical (unpaired) electrons. The second-order valence-corrected chi connectivity index (χ2v) is 4.20. The van der Waals surface area contributed by atoms with Gasteiger partial charge in [0.25, 0.3) is 5.91 Å². The summed E-state index contributed by atoms with van der Waals surface area (Å²) in [5.74, 6) is 0.731. The Morgan fingerprint density at radius 1 is 1.44 bits per heavy atom. The van der Waals surface area contributed by atoms with Gasteiger partial charge in [0.15, 0.2) is 0 Å². The van der Waals surface area contributed by atoms with Gasteiger partial charge in [-0.25, -0.2) is 4.98 Å². The quantitative estimate of drug-likeness (QED) is 0.879.